The fourth-order valence-electron chi connectivity index (χ4n) is 2.61. The molecule has 0 amide bonds. The van der Waals surface area contributed by atoms with Crippen molar-refractivity contribution in [2.75, 3.05) is 12.8 Å². The molecule has 1 aliphatic rings. The molecule has 0 bridgehead atoms. The van der Waals surface area contributed by atoms with Gasteiger partial charge in [0.15, 0.2) is 5.16 Å². The quantitative estimate of drug-likeness (QED) is 0.680. The molecule has 2 aromatic rings. The van der Waals surface area contributed by atoms with Gasteiger partial charge in [-0.25, -0.2) is 4.98 Å². The van der Waals surface area contributed by atoms with Gasteiger partial charge in [0.05, 0.1) is 17.5 Å². The van der Waals surface area contributed by atoms with E-state index < -0.39 is 0 Å². The van der Waals surface area contributed by atoms with Gasteiger partial charge in [-0.1, -0.05) is 11.8 Å². The summed E-state index contributed by atoms with van der Waals surface area (Å²) in [5, 5.41) is 5.00. The van der Waals surface area contributed by atoms with Crippen LogP contribution < -0.4 is 5.56 Å². The van der Waals surface area contributed by atoms with E-state index in [9.17, 15) is 4.79 Å². The molecule has 0 saturated carbocycles. The van der Waals surface area contributed by atoms with E-state index in [0.717, 1.165) is 37.3 Å². The lowest BCUT2D eigenvalue weighted by molar-refractivity contribution is 0.241. The van der Waals surface area contributed by atoms with Crippen molar-refractivity contribution in [3.63, 3.8) is 0 Å². The lowest BCUT2D eigenvalue weighted by Crippen LogP contribution is -2.35. The summed E-state index contributed by atoms with van der Waals surface area (Å²) in [6.07, 6.45) is 6.72. The Hall–Kier alpha value is -1.60. The molecule has 0 aromatic carbocycles. The molecular weight excluding hydrogens is 286 g/mol. The molecule has 0 aliphatic carbocycles. The zero-order valence-corrected chi connectivity index (χ0v) is 13.1. The molecule has 6 nitrogen and oxygen atoms in total. The third-order valence-electron chi connectivity index (χ3n) is 3.74. The van der Waals surface area contributed by atoms with Crippen LogP contribution in [0.5, 0.6) is 0 Å². The Bertz CT molecular complexity index is 693. The molecule has 1 aliphatic heterocycles. The van der Waals surface area contributed by atoms with Gasteiger partial charge in [0, 0.05) is 44.4 Å². The number of rotatable bonds is 4. The summed E-state index contributed by atoms with van der Waals surface area (Å²) in [5.74, 6) is 0. The highest BCUT2D eigenvalue weighted by molar-refractivity contribution is 7.98. The molecule has 0 radical (unpaired) electrons. The lowest BCUT2D eigenvalue weighted by atomic mass is 10.1. The summed E-state index contributed by atoms with van der Waals surface area (Å²) in [4.78, 5) is 21.8. The number of thioether (sulfide) groups is 1. The van der Waals surface area contributed by atoms with E-state index in [-0.39, 0.29) is 5.56 Å². The average molecular weight is 305 g/mol. The number of aromatic amines is 1. The monoisotopic (exact) mass is 305 g/mol. The van der Waals surface area contributed by atoms with Gasteiger partial charge in [-0.2, -0.15) is 5.10 Å². The zero-order valence-electron chi connectivity index (χ0n) is 12.3. The number of hydrogen-bond acceptors (Lipinski definition) is 5. The first-order chi connectivity index (χ1) is 10.2. The topological polar surface area (TPSA) is 66.8 Å². The Balaban J connectivity index is 1.76. The van der Waals surface area contributed by atoms with Crippen molar-refractivity contribution in [1.29, 1.82) is 0 Å². The van der Waals surface area contributed by atoms with Crippen LogP contribution in [0.3, 0.4) is 0 Å². The molecule has 21 heavy (non-hydrogen) atoms. The minimum Gasteiger partial charge on any atom is -0.301 e. The normalized spacial score (nSPS) is 15.1. The van der Waals surface area contributed by atoms with E-state index in [1.165, 1.54) is 17.3 Å². The van der Waals surface area contributed by atoms with Crippen molar-refractivity contribution in [2.45, 2.75) is 38.1 Å². The Kier molecular flexibility index (Phi) is 4.12. The second-order valence-electron chi connectivity index (χ2n) is 5.17. The summed E-state index contributed by atoms with van der Waals surface area (Å²) in [6.45, 7) is 5.35. The number of nitrogens with zero attached hydrogens (tertiary/aromatic N) is 4. The van der Waals surface area contributed by atoms with Gasteiger partial charge in [-0.15, -0.1) is 0 Å². The fourth-order valence-corrected chi connectivity index (χ4v) is 3.01. The van der Waals surface area contributed by atoms with Gasteiger partial charge >= 0.3 is 0 Å². The SMILES string of the molecule is CCn1cc(CN2CCc3nc(SC)[nH]c(=O)c3C2)cn1. The van der Waals surface area contributed by atoms with E-state index in [0.29, 0.717) is 11.7 Å². The van der Waals surface area contributed by atoms with Crippen molar-refractivity contribution < 1.29 is 0 Å². The largest absolute Gasteiger partial charge is 0.301 e. The van der Waals surface area contributed by atoms with Gasteiger partial charge < -0.3 is 4.98 Å². The zero-order chi connectivity index (χ0) is 14.8. The van der Waals surface area contributed by atoms with Gasteiger partial charge in [0.1, 0.15) is 0 Å². The minimum atomic E-state index is -0.00157. The second kappa shape index (κ2) is 6.03. The van der Waals surface area contributed by atoms with Gasteiger partial charge in [-0.05, 0) is 13.2 Å². The summed E-state index contributed by atoms with van der Waals surface area (Å²) >= 11 is 1.47. The molecule has 0 unspecified atom stereocenters. The van der Waals surface area contributed by atoms with Crippen molar-refractivity contribution in [1.82, 2.24) is 24.6 Å². The number of hydrogen-bond donors (Lipinski definition) is 1. The highest BCUT2D eigenvalue weighted by Crippen LogP contribution is 2.18. The van der Waals surface area contributed by atoms with Crippen LogP contribution in [0.25, 0.3) is 0 Å². The van der Waals surface area contributed by atoms with E-state index >= 15 is 0 Å². The first kappa shape index (κ1) is 14.3. The van der Waals surface area contributed by atoms with Crippen LogP contribution in [0.15, 0.2) is 22.3 Å². The van der Waals surface area contributed by atoms with Crippen LogP contribution in [0, 0.1) is 0 Å². The van der Waals surface area contributed by atoms with E-state index in [2.05, 4.69) is 33.1 Å². The average Bonchev–Trinajstić information content (AvgIpc) is 2.95. The van der Waals surface area contributed by atoms with Crippen molar-refractivity contribution in [3.05, 3.63) is 39.6 Å². The van der Waals surface area contributed by atoms with Gasteiger partial charge in [-0.3, -0.25) is 14.4 Å². The van der Waals surface area contributed by atoms with Crippen molar-refractivity contribution in [3.8, 4) is 0 Å². The highest BCUT2D eigenvalue weighted by atomic mass is 32.2. The molecule has 0 atom stereocenters. The van der Waals surface area contributed by atoms with Crippen LogP contribution in [0.4, 0.5) is 0 Å². The molecule has 3 rings (SSSR count). The molecule has 7 heteroatoms. The molecule has 0 fully saturated rings. The number of H-pyrrole nitrogens is 1. The Morgan fingerprint density at radius 1 is 1.48 bits per heavy atom. The van der Waals surface area contributed by atoms with E-state index in [1.807, 2.05) is 17.1 Å². The van der Waals surface area contributed by atoms with Crippen LogP contribution in [-0.4, -0.2) is 37.4 Å². The van der Waals surface area contributed by atoms with Crippen molar-refractivity contribution >= 4 is 11.8 Å². The summed E-state index contributed by atoms with van der Waals surface area (Å²) in [6, 6.07) is 0. The molecule has 3 heterocycles. The Labute approximate surface area is 127 Å². The minimum absolute atomic E-state index is 0.00157. The number of aromatic nitrogens is 4. The maximum Gasteiger partial charge on any atom is 0.256 e. The second-order valence-corrected chi connectivity index (χ2v) is 5.96. The molecule has 0 saturated heterocycles. The molecule has 112 valence electrons. The van der Waals surface area contributed by atoms with E-state index in [4.69, 9.17) is 0 Å². The lowest BCUT2D eigenvalue weighted by Gasteiger charge is -2.27. The number of nitrogens with one attached hydrogen (secondary N) is 1. The first-order valence-electron chi connectivity index (χ1n) is 7.09. The standard InChI is InChI=1S/C14H19N5OS/c1-3-19-8-10(6-15-19)7-18-5-4-12-11(9-18)13(20)17-14(16-12)21-2/h6,8H,3-5,7,9H2,1-2H3,(H,16,17,20). The maximum absolute atomic E-state index is 12.1. The van der Waals surface area contributed by atoms with Crippen LogP contribution >= 0.6 is 11.8 Å². The number of aryl methyl sites for hydroxylation is 1. The molecule has 1 N–H and O–H groups in total. The maximum atomic E-state index is 12.1. The van der Waals surface area contributed by atoms with Crippen LogP contribution in [0.2, 0.25) is 0 Å². The van der Waals surface area contributed by atoms with E-state index in [1.54, 1.807) is 0 Å². The Morgan fingerprint density at radius 3 is 3.05 bits per heavy atom. The van der Waals surface area contributed by atoms with Crippen LogP contribution in [-0.2, 0) is 26.1 Å². The third-order valence-corrected chi connectivity index (χ3v) is 4.32. The summed E-state index contributed by atoms with van der Waals surface area (Å²) in [5.41, 5.74) is 2.94. The van der Waals surface area contributed by atoms with Crippen LogP contribution in [0.1, 0.15) is 23.7 Å². The van der Waals surface area contributed by atoms with Gasteiger partial charge in [0.25, 0.3) is 5.56 Å². The van der Waals surface area contributed by atoms with Crippen molar-refractivity contribution in [2.24, 2.45) is 0 Å². The van der Waals surface area contributed by atoms with Gasteiger partial charge in [0.2, 0.25) is 0 Å². The number of fused-ring (bicyclic) bond motifs is 1. The predicted octanol–water partition coefficient (Wildman–Crippen LogP) is 1.27. The predicted molar refractivity (Wildman–Crippen MR) is 82.4 cm³/mol. The Morgan fingerprint density at radius 2 is 2.33 bits per heavy atom. The third kappa shape index (κ3) is 3.03. The summed E-state index contributed by atoms with van der Waals surface area (Å²) in [7, 11) is 0. The molecule has 0 spiro atoms. The smallest absolute Gasteiger partial charge is 0.256 e. The molecular formula is C14H19N5OS. The molecule has 2 aromatic heterocycles. The summed E-state index contributed by atoms with van der Waals surface area (Å²) < 4.78 is 1.92. The first-order valence-corrected chi connectivity index (χ1v) is 8.31. The highest BCUT2D eigenvalue weighted by Gasteiger charge is 2.21. The fraction of sp³-hybridized carbons (Fsp3) is 0.500.